The molecular formula is C11H13NO4. The van der Waals surface area contributed by atoms with Crippen LogP contribution in [-0.2, 0) is 11.3 Å². The maximum atomic E-state index is 11.0. The van der Waals surface area contributed by atoms with E-state index in [9.17, 15) is 9.59 Å². The first-order valence-electron chi connectivity index (χ1n) is 5.23. The second-order valence-corrected chi connectivity index (χ2v) is 4.03. The molecule has 0 aromatic carbocycles. The summed E-state index contributed by atoms with van der Waals surface area (Å²) in [5, 5.41) is 17.6. The highest BCUT2D eigenvalue weighted by molar-refractivity contribution is 5.89. The Balaban J connectivity index is 2.23. The van der Waals surface area contributed by atoms with Crippen LogP contribution in [0, 0.1) is 0 Å². The molecule has 0 spiro atoms. The van der Waals surface area contributed by atoms with E-state index in [0.717, 1.165) is 18.5 Å². The Morgan fingerprint density at radius 2 is 2.06 bits per heavy atom. The molecule has 1 saturated carbocycles. The normalized spacial score (nSPS) is 15.0. The summed E-state index contributed by atoms with van der Waals surface area (Å²) in [5.74, 6) is -1.50. The van der Waals surface area contributed by atoms with Gasteiger partial charge in [-0.05, 0) is 18.9 Å². The third-order valence-electron chi connectivity index (χ3n) is 2.77. The van der Waals surface area contributed by atoms with Crippen LogP contribution in [0.3, 0.4) is 0 Å². The Morgan fingerprint density at radius 3 is 2.56 bits per heavy atom. The molecule has 1 fully saturated rings. The predicted octanol–water partition coefficient (Wildman–Crippen LogP) is 1.54. The van der Waals surface area contributed by atoms with Gasteiger partial charge in [-0.25, -0.2) is 4.79 Å². The number of hydrogen-bond acceptors (Lipinski definition) is 2. The third-order valence-corrected chi connectivity index (χ3v) is 2.77. The molecular weight excluding hydrogens is 210 g/mol. The van der Waals surface area contributed by atoms with Crippen LogP contribution < -0.4 is 0 Å². The number of aryl methyl sites for hydroxylation is 1. The van der Waals surface area contributed by atoms with Crippen LogP contribution in [0.15, 0.2) is 12.3 Å². The van der Waals surface area contributed by atoms with E-state index >= 15 is 0 Å². The summed E-state index contributed by atoms with van der Waals surface area (Å²) in [5.41, 5.74) is 1.10. The van der Waals surface area contributed by atoms with Gasteiger partial charge < -0.3 is 14.8 Å². The summed E-state index contributed by atoms with van der Waals surface area (Å²) in [6, 6.07) is 1.55. The highest BCUT2D eigenvalue weighted by atomic mass is 16.4. The Hall–Kier alpha value is -1.78. The molecule has 2 rings (SSSR count). The van der Waals surface area contributed by atoms with Gasteiger partial charge in [0.1, 0.15) is 0 Å². The van der Waals surface area contributed by atoms with Crippen LogP contribution >= 0.6 is 0 Å². The number of aromatic nitrogens is 1. The van der Waals surface area contributed by atoms with E-state index in [4.69, 9.17) is 10.2 Å². The number of aliphatic carboxylic acids is 1. The summed E-state index contributed by atoms with van der Waals surface area (Å²) in [6.07, 6.45) is 3.68. The monoisotopic (exact) mass is 223 g/mol. The van der Waals surface area contributed by atoms with E-state index in [1.165, 1.54) is 0 Å². The first kappa shape index (κ1) is 10.7. The van der Waals surface area contributed by atoms with Crippen LogP contribution in [0.4, 0.5) is 0 Å². The summed E-state index contributed by atoms with van der Waals surface area (Å²) in [4.78, 5) is 21.5. The quantitative estimate of drug-likeness (QED) is 0.793. The van der Waals surface area contributed by atoms with Gasteiger partial charge in [-0.3, -0.25) is 4.79 Å². The standard InChI is InChI=1S/C11H13NO4/c13-9(14)4-6-12-5-3-8(11(15)16)10(12)7-1-2-7/h3,5,7H,1-2,4,6H2,(H,13,14)(H,15,16). The summed E-state index contributed by atoms with van der Waals surface area (Å²) < 4.78 is 1.76. The minimum Gasteiger partial charge on any atom is -0.481 e. The van der Waals surface area contributed by atoms with Crippen molar-refractivity contribution in [2.75, 3.05) is 0 Å². The number of hydrogen-bond donors (Lipinski definition) is 2. The molecule has 0 atom stereocenters. The predicted molar refractivity (Wildman–Crippen MR) is 55.6 cm³/mol. The molecule has 16 heavy (non-hydrogen) atoms. The van der Waals surface area contributed by atoms with Crippen LogP contribution in [0.5, 0.6) is 0 Å². The topological polar surface area (TPSA) is 79.5 Å². The zero-order valence-corrected chi connectivity index (χ0v) is 8.72. The van der Waals surface area contributed by atoms with Crippen molar-refractivity contribution >= 4 is 11.9 Å². The van der Waals surface area contributed by atoms with Gasteiger partial charge in [-0.1, -0.05) is 0 Å². The van der Waals surface area contributed by atoms with Crippen molar-refractivity contribution in [2.45, 2.75) is 31.7 Å². The Morgan fingerprint density at radius 1 is 1.38 bits per heavy atom. The minimum absolute atomic E-state index is 0.0213. The molecule has 5 nitrogen and oxygen atoms in total. The third kappa shape index (κ3) is 2.08. The van der Waals surface area contributed by atoms with Gasteiger partial charge in [0.25, 0.3) is 0 Å². The maximum Gasteiger partial charge on any atom is 0.337 e. The molecule has 0 radical (unpaired) electrons. The molecule has 0 bridgehead atoms. The molecule has 1 aromatic heterocycles. The van der Waals surface area contributed by atoms with Crippen molar-refractivity contribution in [3.63, 3.8) is 0 Å². The van der Waals surface area contributed by atoms with Gasteiger partial charge in [-0.2, -0.15) is 0 Å². The van der Waals surface area contributed by atoms with Crippen LogP contribution in [-0.4, -0.2) is 26.7 Å². The second kappa shape index (κ2) is 4.00. The Labute approximate surface area is 92.3 Å². The lowest BCUT2D eigenvalue weighted by Gasteiger charge is -2.07. The molecule has 0 aliphatic heterocycles. The Kier molecular flexibility index (Phi) is 2.68. The SMILES string of the molecule is O=C(O)CCn1ccc(C(=O)O)c1C1CC1. The maximum absolute atomic E-state index is 11.0. The molecule has 0 amide bonds. The molecule has 1 aliphatic carbocycles. The van der Waals surface area contributed by atoms with Crippen molar-refractivity contribution < 1.29 is 19.8 Å². The first-order valence-corrected chi connectivity index (χ1v) is 5.23. The summed E-state index contributed by atoms with van der Waals surface area (Å²) in [7, 11) is 0. The molecule has 0 unspecified atom stereocenters. The number of carboxylic acid groups (broad SMARTS) is 2. The Bertz CT molecular complexity index is 431. The average molecular weight is 223 g/mol. The number of aromatic carboxylic acids is 1. The van der Waals surface area contributed by atoms with Gasteiger partial charge in [-0.15, -0.1) is 0 Å². The van der Waals surface area contributed by atoms with Gasteiger partial charge in [0.15, 0.2) is 0 Å². The van der Waals surface area contributed by atoms with Gasteiger partial charge in [0, 0.05) is 24.4 Å². The van der Waals surface area contributed by atoms with Crippen molar-refractivity contribution in [3.8, 4) is 0 Å². The fourth-order valence-electron chi connectivity index (χ4n) is 1.89. The number of carboxylic acids is 2. The smallest absolute Gasteiger partial charge is 0.337 e. The van der Waals surface area contributed by atoms with Crippen molar-refractivity contribution in [2.24, 2.45) is 0 Å². The highest BCUT2D eigenvalue weighted by Crippen LogP contribution is 2.42. The molecule has 1 aromatic rings. The molecule has 86 valence electrons. The number of carbonyl (C=O) groups is 2. The second-order valence-electron chi connectivity index (χ2n) is 4.03. The lowest BCUT2D eigenvalue weighted by Crippen LogP contribution is -2.08. The fourth-order valence-corrected chi connectivity index (χ4v) is 1.89. The lowest BCUT2D eigenvalue weighted by atomic mass is 10.2. The summed E-state index contributed by atoms with van der Waals surface area (Å²) in [6.45, 7) is 0.342. The van der Waals surface area contributed by atoms with Crippen molar-refractivity contribution in [1.82, 2.24) is 4.57 Å². The van der Waals surface area contributed by atoms with Gasteiger partial charge in [0.05, 0.1) is 12.0 Å². The van der Waals surface area contributed by atoms with E-state index in [0.29, 0.717) is 18.0 Å². The molecule has 5 heteroatoms. The van der Waals surface area contributed by atoms with Crippen molar-refractivity contribution in [1.29, 1.82) is 0 Å². The number of nitrogens with zero attached hydrogens (tertiary/aromatic N) is 1. The van der Waals surface area contributed by atoms with Crippen LogP contribution in [0.1, 0.15) is 41.2 Å². The van der Waals surface area contributed by atoms with E-state index in [2.05, 4.69) is 0 Å². The zero-order chi connectivity index (χ0) is 11.7. The van der Waals surface area contributed by atoms with E-state index < -0.39 is 11.9 Å². The largest absolute Gasteiger partial charge is 0.481 e. The van der Waals surface area contributed by atoms with Crippen LogP contribution in [0.2, 0.25) is 0 Å². The van der Waals surface area contributed by atoms with Gasteiger partial charge >= 0.3 is 11.9 Å². The van der Waals surface area contributed by atoms with Gasteiger partial charge in [0.2, 0.25) is 0 Å². The highest BCUT2D eigenvalue weighted by Gasteiger charge is 2.31. The van der Waals surface area contributed by atoms with Crippen molar-refractivity contribution in [3.05, 3.63) is 23.5 Å². The first-order chi connectivity index (χ1) is 7.59. The molecule has 1 aliphatic rings. The van der Waals surface area contributed by atoms with E-state index in [1.807, 2.05) is 0 Å². The number of rotatable bonds is 5. The summed E-state index contributed by atoms with van der Waals surface area (Å²) >= 11 is 0. The lowest BCUT2D eigenvalue weighted by molar-refractivity contribution is -0.137. The molecule has 2 N–H and O–H groups in total. The van der Waals surface area contributed by atoms with Crippen LogP contribution in [0.25, 0.3) is 0 Å². The van der Waals surface area contributed by atoms with E-state index in [1.54, 1.807) is 16.8 Å². The molecule has 0 saturated heterocycles. The van der Waals surface area contributed by atoms with E-state index in [-0.39, 0.29) is 6.42 Å². The minimum atomic E-state index is -0.934. The molecule has 1 heterocycles. The zero-order valence-electron chi connectivity index (χ0n) is 8.72. The fraction of sp³-hybridized carbons (Fsp3) is 0.455. The average Bonchev–Trinajstić information content (AvgIpc) is 2.95.